The number of anilines is 2. The third kappa shape index (κ3) is 12.5. The fourth-order valence-electron chi connectivity index (χ4n) is 7.03. The number of hydrogen-bond acceptors (Lipinski definition) is 7. The number of amides is 4. The molecule has 0 radical (unpaired) electrons. The molecule has 0 bridgehead atoms. The normalized spacial score (nSPS) is 12.3. The molecule has 65 heavy (non-hydrogen) atoms. The molecule has 0 saturated carbocycles. The van der Waals surface area contributed by atoms with Crippen molar-refractivity contribution in [1.82, 2.24) is 0 Å². The van der Waals surface area contributed by atoms with E-state index in [0.717, 1.165) is 50.9 Å². The van der Waals surface area contributed by atoms with Gasteiger partial charge in [-0.05, 0) is 156 Å². The Morgan fingerprint density at radius 3 is 1.58 bits per heavy atom. The van der Waals surface area contributed by atoms with E-state index < -0.39 is 21.9 Å². The summed E-state index contributed by atoms with van der Waals surface area (Å²) in [6.45, 7) is 8.07. The molecule has 0 aromatic heterocycles. The quantitative estimate of drug-likeness (QED) is 0.111. The molecule has 9 nitrogen and oxygen atoms in total. The van der Waals surface area contributed by atoms with Gasteiger partial charge in [-0.15, -0.1) is 0 Å². The first kappa shape index (κ1) is 46.6. The van der Waals surface area contributed by atoms with Gasteiger partial charge in [-0.1, -0.05) is 124 Å². The smallest absolute Gasteiger partial charge is 0.316 e. The van der Waals surface area contributed by atoms with E-state index in [4.69, 9.17) is 11.5 Å². The Bertz CT molecular complexity index is 3030. The highest BCUT2D eigenvalue weighted by molar-refractivity contribution is 9.10. The molecular weight excluding hydrogens is 935 g/mol. The van der Waals surface area contributed by atoms with Gasteiger partial charge in [0, 0.05) is 41.1 Å². The van der Waals surface area contributed by atoms with E-state index in [2.05, 4.69) is 117 Å². The summed E-state index contributed by atoms with van der Waals surface area (Å²) < 4.78 is 26.0. The van der Waals surface area contributed by atoms with Crippen LogP contribution >= 0.6 is 39.5 Å². The number of urea groups is 2. The van der Waals surface area contributed by atoms with E-state index >= 15 is 0 Å². The minimum atomic E-state index is -3.43. The van der Waals surface area contributed by atoms with Gasteiger partial charge in [-0.2, -0.15) is 0 Å². The van der Waals surface area contributed by atoms with Crippen LogP contribution < -0.4 is 22.1 Å². The minimum Gasteiger partial charge on any atom is -0.351 e. The second-order valence-corrected chi connectivity index (χ2v) is 20.3. The summed E-state index contributed by atoms with van der Waals surface area (Å²) in [6, 6.07) is 50.3. The minimum absolute atomic E-state index is 0.240. The zero-order chi connectivity index (χ0) is 46.1. The van der Waals surface area contributed by atoms with Crippen molar-refractivity contribution < 1.29 is 18.0 Å². The molecule has 2 aliphatic rings. The molecule has 7 aromatic rings. The first-order chi connectivity index (χ1) is 31.2. The van der Waals surface area contributed by atoms with Crippen molar-refractivity contribution in [3.8, 4) is 0 Å². The van der Waals surface area contributed by atoms with E-state index in [-0.39, 0.29) is 5.88 Å². The number of nitrogens with two attached hydrogens (primary N) is 2. The van der Waals surface area contributed by atoms with Gasteiger partial charge in [0.05, 0.1) is 4.90 Å². The van der Waals surface area contributed by atoms with E-state index in [1.807, 2.05) is 80.2 Å². The summed E-state index contributed by atoms with van der Waals surface area (Å²) in [6.07, 6.45) is 1.84. The Kier molecular flexibility index (Phi) is 15.1. The van der Waals surface area contributed by atoms with Crippen molar-refractivity contribution in [1.29, 1.82) is 0 Å². The summed E-state index contributed by atoms with van der Waals surface area (Å²) in [5.41, 5.74) is 22.5. The number of aryl methyl sites for hydroxylation is 1. The van der Waals surface area contributed by atoms with E-state index in [9.17, 15) is 18.0 Å². The largest absolute Gasteiger partial charge is 0.351 e. The molecule has 9 rings (SSSR count). The Hall–Kier alpha value is -6.38. The highest BCUT2D eigenvalue weighted by atomic mass is 79.9. The standard InChI is InChI=1S/C23H21NO2S2.C22H18N2OS.C7H7BrN2O/c1-16-7-10-21(11-8-16)28(25,26)15-24-17(2)18-9-12-23-20(13-18)14-19-5-3-4-6-22(19)27-23;1-14(15-6-9-19(10-7-15)24-22(23)25)16-8-11-21-18(12-16)13-17-4-2-3-5-20(17)26-21;8-5-1-3-6(4-2-5)10-7(9)11/h3-13H,14-15H2,1-2H3;2-12H,1,13H2,(H3,23,24,25);1-4H,(H3,9,10,11). The topological polar surface area (TPSA) is 157 Å². The number of primary amides is 2. The van der Waals surface area contributed by atoms with Crippen LogP contribution in [0.5, 0.6) is 0 Å². The van der Waals surface area contributed by atoms with Crippen LogP contribution in [0, 0.1) is 6.92 Å². The molecule has 0 spiro atoms. The molecule has 2 aliphatic heterocycles. The number of fused-ring (bicyclic) bond motifs is 4. The fourth-order valence-corrected chi connectivity index (χ4v) is 10.5. The SMILES string of the molecule is C=C(c1ccc(NC(N)=O)cc1)c1ccc2c(c1)Cc1ccccc1S2.CC(=NCS(=O)(=O)c1ccc(C)cc1)c1ccc2c(c1)Cc1ccccc1S2.NC(=O)Nc1ccc(Br)cc1. The summed E-state index contributed by atoms with van der Waals surface area (Å²) in [4.78, 5) is 31.2. The lowest BCUT2D eigenvalue weighted by molar-refractivity contribution is 0.258. The van der Waals surface area contributed by atoms with E-state index in [1.165, 1.54) is 41.8 Å². The summed E-state index contributed by atoms with van der Waals surface area (Å²) in [7, 11) is -3.43. The van der Waals surface area contributed by atoms with Crippen LogP contribution in [-0.4, -0.2) is 32.1 Å². The number of aliphatic imine (C=N–C) groups is 1. The number of rotatable bonds is 8. The monoisotopic (exact) mass is 979 g/mol. The van der Waals surface area contributed by atoms with Gasteiger partial charge < -0.3 is 22.1 Å². The van der Waals surface area contributed by atoms with Crippen molar-refractivity contribution in [2.45, 2.75) is 51.2 Å². The molecule has 13 heteroatoms. The van der Waals surface area contributed by atoms with E-state index in [1.54, 1.807) is 36.0 Å². The molecule has 0 fully saturated rings. The average Bonchev–Trinajstić information content (AvgIpc) is 3.30. The maximum Gasteiger partial charge on any atom is 0.316 e. The molecule has 328 valence electrons. The van der Waals surface area contributed by atoms with Crippen LogP contribution in [0.1, 0.15) is 51.4 Å². The highest BCUT2D eigenvalue weighted by Gasteiger charge is 2.19. The van der Waals surface area contributed by atoms with Gasteiger partial charge in [0.25, 0.3) is 0 Å². The summed E-state index contributed by atoms with van der Waals surface area (Å²) in [5.74, 6) is -0.240. The van der Waals surface area contributed by atoms with Gasteiger partial charge in [0.15, 0.2) is 9.84 Å². The van der Waals surface area contributed by atoms with Crippen LogP contribution in [0.2, 0.25) is 0 Å². The molecule has 7 aromatic carbocycles. The van der Waals surface area contributed by atoms with Crippen LogP contribution in [0.4, 0.5) is 21.0 Å². The Labute approximate surface area is 396 Å². The van der Waals surface area contributed by atoms with Crippen molar-refractivity contribution in [2.75, 3.05) is 16.5 Å². The Balaban J connectivity index is 0.000000158. The molecule has 0 saturated heterocycles. The molecule has 2 heterocycles. The van der Waals surface area contributed by atoms with Crippen molar-refractivity contribution in [3.63, 3.8) is 0 Å². The van der Waals surface area contributed by atoms with Crippen LogP contribution in [0.25, 0.3) is 5.57 Å². The number of carbonyl (C=O) groups is 2. The number of halogens is 1. The molecule has 4 amide bonds. The van der Waals surface area contributed by atoms with Gasteiger partial charge in [-0.25, -0.2) is 18.0 Å². The molecule has 0 atom stereocenters. The number of nitrogens with zero attached hydrogens (tertiary/aromatic N) is 1. The van der Waals surface area contributed by atoms with Crippen LogP contribution in [0.15, 0.2) is 198 Å². The van der Waals surface area contributed by atoms with Crippen molar-refractivity contribution >= 4 is 84.0 Å². The van der Waals surface area contributed by atoms with Crippen molar-refractivity contribution in [3.05, 3.63) is 213 Å². The molecule has 6 N–H and O–H groups in total. The lowest BCUT2D eigenvalue weighted by atomic mass is 9.95. The third-order valence-electron chi connectivity index (χ3n) is 10.5. The van der Waals surface area contributed by atoms with Crippen molar-refractivity contribution in [2.24, 2.45) is 16.5 Å². The molecular formula is C52H46BrN5O4S3. The van der Waals surface area contributed by atoms with Crippen LogP contribution in [0.3, 0.4) is 0 Å². The number of carbonyl (C=O) groups excluding carboxylic acids is 2. The summed E-state index contributed by atoms with van der Waals surface area (Å²) >= 11 is 6.88. The second kappa shape index (κ2) is 21.1. The number of hydrogen-bond donors (Lipinski definition) is 4. The summed E-state index contributed by atoms with van der Waals surface area (Å²) in [5, 5.41) is 5.02. The third-order valence-corrected chi connectivity index (χ3v) is 15.0. The predicted molar refractivity (Wildman–Crippen MR) is 270 cm³/mol. The van der Waals surface area contributed by atoms with Gasteiger partial charge >= 0.3 is 12.1 Å². The average molecular weight is 981 g/mol. The lowest BCUT2D eigenvalue weighted by Crippen LogP contribution is -2.19. The van der Waals surface area contributed by atoms with Gasteiger partial charge in [0.1, 0.15) is 5.88 Å². The number of benzene rings is 7. The maximum absolute atomic E-state index is 12.5. The first-order valence-corrected chi connectivity index (χ1v) is 24.5. The zero-order valence-corrected chi connectivity index (χ0v) is 39.7. The van der Waals surface area contributed by atoms with E-state index in [0.29, 0.717) is 16.3 Å². The highest BCUT2D eigenvalue weighted by Crippen LogP contribution is 2.41. The Morgan fingerprint density at radius 2 is 1.06 bits per heavy atom. The van der Waals surface area contributed by atoms with Crippen LogP contribution in [-0.2, 0) is 22.7 Å². The fraction of sp³-hybridized carbons (Fsp3) is 0.0962. The number of nitrogens with one attached hydrogen (secondary N) is 2. The predicted octanol–water partition coefficient (Wildman–Crippen LogP) is 12.5. The maximum atomic E-state index is 12.5. The molecule has 0 aliphatic carbocycles. The molecule has 0 unspecified atom stereocenters. The Morgan fingerprint density at radius 1 is 0.615 bits per heavy atom. The first-order valence-electron chi connectivity index (χ1n) is 20.5. The lowest BCUT2D eigenvalue weighted by Gasteiger charge is -2.20. The second-order valence-electron chi connectivity index (χ2n) is 15.3. The number of sulfone groups is 1. The van der Waals surface area contributed by atoms with Gasteiger partial charge in [0.2, 0.25) is 0 Å². The van der Waals surface area contributed by atoms with Gasteiger partial charge in [-0.3, -0.25) is 4.99 Å². The zero-order valence-electron chi connectivity index (χ0n) is 35.7.